The van der Waals surface area contributed by atoms with Crippen LogP contribution in [0.25, 0.3) is 0 Å². The molecule has 4 nitrogen and oxygen atoms in total. The maximum Gasteiger partial charge on any atom is 0.307 e. The van der Waals surface area contributed by atoms with Crippen molar-refractivity contribution in [2.75, 3.05) is 7.11 Å². The summed E-state index contributed by atoms with van der Waals surface area (Å²) in [5.74, 6) is 0.122. The molecule has 1 N–H and O–H groups in total. The lowest BCUT2D eigenvalue weighted by molar-refractivity contribution is -0.141. The summed E-state index contributed by atoms with van der Waals surface area (Å²) in [7, 11) is 1.36. The fourth-order valence-corrected chi connectivity index (χ4v) is 1.99. The van der Waals surface area contributed by atoms with E-state index in [0.717, 1.165) is 17.5 Å². The maximum absolute atomic E-state index is 12.0. The molecule has 0 spiro atoms. The molecule has 1 rings (SSSR count). The highest BCUT2D eigenvalue weighted by molar-refractivity contribution is 5.78. The van der Waals surface area contributed by atoms with Crippen molar-refractivity contribution in [1.82, 2.24) is 5.32 Å². The molecule has 0 aliphatic rings. The van der Waals surface area contributed by atoms with Gasteiger partial charge < -0.3 is 10.1 Å². The van der Waals surface area contributed by atoms with E-state index in [9.17, 15) is 9.59 Å². The van der Waals surface area contributed by atoms with Gasteiger partial charge in [-0.1, -0.05) is 43.7 Å². The number of benzene rings is 1. The lowest BCUT2D eigenvalue weighted by atomic mass is 10.0. The third-order valence-corrected chi connectivity index (χ3v) is 3.36. The average Bonchev–Trinajstić information content (AvgIpc) is 2.45. The zero-order chi connectivity index (χ0) is 15.8. The van der Waals surface area contributed by atoms with Crippen molar-refractivity contribution < 1.29 is 14.3 Å². The van der Waals surface area contributed by atoms with E-state index in [1.807, 2.05) is 31.2 Å². The number of methoxy groups -OCH3 is 1. The van der Waals surface area contributed by atoms with Crippen LogP contribution < -0.4 is 5.32 Å². The number of carbonyl (C=O) groups excluding carboxylic acids is 2. The van der Waals surface area contributed by atoms with Crippen LogP contribution in [0.2, 0.25) is 0 Å². The van der Waals surface area contributed by atoms with E-state index in [4.69, 9.17) is 4.74 Å². The second-order valence-electron chi connectivity index (χ2n) is 5.74. The molecular weight excluding hydrogens is 266 g/mol. The number of esters is 1. The number of aryl methyl sites for hydroxylation is 1. The summed E-state index contributed by atoms with van der Waals surface area (Å²) < 4.78 is 4.72. The number of ether oxygens (including phenoxy) is 1. The van der Waals surface area contributed by atoms with Crippen LogP contribution in [0, 0.1) is 12.8 Å². The Morgan fingerprint density at radius 3 is 2.33 bits per heavy atom. The molecule has 1 aromatic carbocycles. The summed E-state index contributed by atoms with van der Waals surface area (Å²) in [6.07, 6.45) is 1.46. The number of carbonyl (C=O) groups is 2. The van der Waals surface area contributed by atoms with E-state index < -0.39 is 0 Å². The molecule has 21 heavy (non-hydrogen) atoms. The van der Waals surface area contributed by atoms with Crippen LogP contribution in [-0.4, -0.2) is 19.0 Å². The van der Waals surface area contributed by atoms with Gasteiger partial charge in [-0.25, -0.2) is 0 Å². The first-order valence-corrected chi connectivity index (χ1v) is 7.35. The summed E-state index contributed by atoms with van der Waals surface area (Å²) in [5.41, 5.74) is 2.06. The molecule has 0 aliphatic carbocycles. The summed E-state index contributed by atoms with van der Waals surface area (Å²) in [6, 6.07) is 7.48. The lowest BCUT2D eigenvalue weighted by Gasteiger charge is -2.19. The molecule has 1 atom stereocenters. The average molecular weight is 291 g/mol. The molecular formula is C17H25NO3. The Kier molecular flexibility index (Phi) is 6.92. The van der Waals surface area contributed by atoms with E-state index in [2.05, 4.69) is 19.2 Å². The van der Waals surface area contributed by atoms with E-state index in [0.29, 0.717) is 12.3 Å². The van der Waals surface area contributed by atoms with Crippen LogP contribution in [0.15, 0.2) is 24.3 Å². The Labute approximate surface area is 126 Å². The van der Waals surface area contributed by atoms with Gasteiger partial charge in [0.25, 0.3) is 0 Å². The molecule has 1 aromatic rings. The molecule has 0 bridgehead atoms. The molecule has 116 valence electrons. The smallest absolute Gasteiger partial charge is 0.307 e. The number of rotatable bonds is 7. The first kappa shape index (κ1) is 17.2. The normalized spacial score (nSPS) is 12.0. The van der Waals surface area contributed by atoms with Crippen LogP contribution in [0.3, 0.4) is 0 Å². The largest absolute Gasteiger partial charge is 0.469 e. The summed E-state index contributed by atoms with van der Waals surface area (Å²) in [6.45, 7) is 6.17. The molecule has 0 aliphatic heterocycles. The van der Waals surface area contributed by atoms with Crippen molar-refractivity contribution in [1.29, 1.82) is 0 Å². The zero-order valence-electron chi connectivity index (χ0n) is 13.3. The maximum atomic E-state index is 12.0. The van der Waals surface area contributed by atoms with Gasteiger partial charge in [-0.15, -0.1) is 0 Å². The molecule has 1 amide bonds. The fraction of sp³-hybridized carbons (Fsp3) is 0.529. The minimum atomic E-state index is -0.335. The van der Waals surface area contributed by atoms with Crippen molar-refractivity contribution >= 4 is 11.9 Å². The monoisotopic (exact) mass is 291 g/mol. The van der Waals surface area contributed by atoms with Crippen LogP contribution in [0.4, 0.5) is 0 Å². The van der Waals surface area contributed by atoms with Gasteiger partial charge in [0.15, 0.2) is 0 Å². The number of amides is 1. The highest BCUT2D eigenvalue weighted by Gasteiger charge is 2.18. The highest BCUT2D eigenvalue weighted by atomic mass is 16.5. The Hall–Kier alpha value is -1.84. The van der Waals surface area contributed by atoms with Gasteiger partial charge in [0.05, 0.1) is 19.6 Å². The summed E-state index contributed by atoms with van der Waals surface area (Å²) >= 11 is 0. The molecule has 0 heterocycles. The standard InChI is InChI=1S/C17H25NO3/c1-12(2)5-10-16(19)18-15(11-17(20)21-4)14-8-6-13(3)7-9-14/h6-9,12,15H,5,10-11H2,1-4H3,(H,18,19). The molecule has 0 fully saturated rings. The van der Waals surface area contributed by atoms with Gasteiger partial charge >= 0.3 is 5.97 Å². The van der Waals surface area contributed by atoms with Gasteiger partial charge in [0.1, 0.15) is 0 Å². The molecule has 0 saturated heterocycles. The lowest BCUT2D eigenvalue weighted by Crippen LogP contribution is -2.30. The van der Waals surface area contributed by atoms with Crippen LogP contribution in [0.5, 0.6) is 0 Å². The molecule has 0 saturated carbocycles. The topological polar surface area (TPSA) is 55.4 Å². The molecule has 1 unspecified atom stereocenters. The fourth-order valence-electron chi connectivity index (χ4n) is 1.99. The van der Waals surface area contributed by atoms with E-state index in [1.54, 1.807) is 0 Å². The Morgan fingerprint density at radius 2 is 1.81 bits per heavy atom. The second kappa shape index (κ2) is 8.45. The number of hydrogen-bond acceptors (Lipinski definition) is 3. The molecule has 4 heteroatoms. The Bertz CT molecular complexity index is 465. The quantitative estimate of drug-likeness (QED) is 0.785. The van der Waals surface area contributed by atoms with Crippen LogP contribution in [0.1, 0.15) is 50.3 Å². The SMILES string of the molecule is COC(=O)CC(NC(=O)CCC(C)C)c1ccc(C)cc1. The van der Waals surface area contributed by atoms with Crippen molar-refractivity contribution in [3.05, 3.63) is 35.4 Å². The minimum Gasteiger partial charge on any atom is -0.469 e. The first-order valence-electron chi connectivity index (χ1n) is 7.35. The van der Waals surface area contributed by atoms with E-state index in [1.165, 1.54) is 7.11 Å². The third-order valence-electron chi connectivity index (χ3n) is 3.36. The van der Waals surface area contributed by atoms with Gasteiger partial charge in [0, 0.05) is 6.42 Å². The number of nitrogens with one attached hydrogen (secondary N) is 1. The highest BCUT2D eigenvalue weighted by Crippen LogP contribution is 2.19. The summed E-state index contributed by atoms with van der Waals surface area (Å²) in [5, 5.41) is 2.93. The van der Waals surface area contributed by atoms with Gasteiger partial charge in [-0.05, 0) is 24.8 Å². The first-order chi connectivity index (χ1) is 9.92. The molecule has 0 aromatic heterocycles. The van der Waals surface area contributed by atoms with Crippen LogP contribution in [-0.2, 0) is 14.3 Å². The van der Waals surface area contributed by atoms with Crippen molar-refractivity contribution in [2.24, 2.45) is 5.92 Å². The number of hydrogen-bond donors (Lipinski definition) is 1. The van der Waals surface area contributed by atoms with Gasteiger partial charge in [-0.3, -0.25) is 9.59 Å². The zero-order valence-corrected chi connectivity index (χ0v) is 13.3. The van der Waals surface area contributed by atoms with Gasteiger partial charge in [0.2, 0.25) is 5.91 Å². The molecule has 0 radical (unpaired) electrons. The minimum absolute atomic E-state index is 0.0295. The van der Waals surface area contributed by atoms with Crippen molar-refractivity contribution in [3.8, 4) is 0 Å². The second-order valence-corrected chi connectivity index (χ2v) is 5.74. The Morgan fingerprint density at radius 1 is 1.19 bits per heavy atom. The summed E-state index contributed by atoms with van der Waals surface area (Å²) in [4.78, 5) is 23.5. The van der Waals surface area contributed by atoms with Gasteiger partial charge in [-0.2, -0.15) is 0 Å². The van der Waals surface area contributed by atoms with E-state index >= 15 is 0 Å². The van der Waals surface area contributed by atoms with Crippen molar-refractivity contribution in [3.63, 3.8) is 0 Å². The Balaban J connectivity index is 2.75. The third kappa shape index (κ3) is 6.43. The van der Waals surface area contributed by atoms with Crippen molar-refractivity contribution in [2.45, 2.75) is 46.1 Å². The van der Waals surface area contributed by atoms with E-state index in [-0.39, 0.29) is 24.3 Å². The predicted molar refractivity (Wildman–Crippen MR) is 82.8 cm³/mol. The van der Waals surface area contributed by atoms with Crippen LogP contribution >= 0.6 is 0 Å². The predicted octanol–water partition coefficient (Wildman–Crippen LogP) is 3.15.